The van der Waals surface area contributed by atoms with Gasteiger partial charge in [-0.05, 0) is 36.8 Å². The number of hydrogen-bond acceptors (Lipinski definition) is 4. The van der Waals surface area contributed by atoms with Crippen molar-refractivity contribution in [3.05, 3.63) is 58.3 Å². The summed E-state index contributed by atoms with van der Waals surface area (Å²) in [6.45, 7) is 1.80. The van der Waals surface area contributed by atoms with Gasteiger partial charge in [0.2, 0.25) is 0 Å². The predicted molar refractivity (Wildman–Crippen MR) is 95.2 cm³/mol. The summed E-state index contributed by atoms with van der Waals surface area (Å²) in [5.41, 5.74) is 2.98. The van der Waals surface area contributed by atoms with Crippen molar-refractivity contribution in [1.82, 2.24) is 5.16 Å². The molecule has 1 heterocycles. The molecular weight excluding hydrogens is 369 g/mol. The number of rotatable bonds is 3. The number of aromatic nitrogens is 1. The van der Waals surface area contributed by atoms with Crippen LogP contribution in [0, 0.1) is 6.92 Å². The molecule has 4 nitrogen and oxygen atoms in total. The molecule has 2 aromatic carbocycles. The third-order valence-corrected chi connectivity index (χ3v) is 5.49. The second kappa shape index (κ2) is 6.24. The van der Waals surface area contributed by atoms with Crippen LogP contribution in [0.4, 0.5) is 0 Å². The number of hydrogen-bond donors (Lipinski definition) is 0. The Balaban J connectivity index is 2.12. The minimum atomic E-state index is -3.24. The summed E-state index contributed by atoms with van der Waals surface area (Å²) in [5.74, 6) is 0.628. The molecule has 0 radical (unpaired) electrons. The Hall–Kier alpha value is -1.82. The Morgan fingerprint density at radius 3 is 2.17 bits per heavy atom. The van der Waals surface area contributed by atoms with Gasteiger partial charge >= 0.3 is 0 Å². The Kier molecular flexibility index (Phi) is 4.42. The summed E-state index contributed by atoms with van der Waals surface area (Å²) in [4.78, 5) is 0.261. The SMILES string of the molecule is Cc1onc(-c2ccc(Cl)c(Cl)c2)c1-c1ccc(S(C)(=O)=O)cc1. The van der Waals surface area contributed by atoms with Crippen LogP contribution in [0.15, 0.2) is 51.9 Å². The second-order valence-electron chi connectivity index (χ2n) is 5.39. The quantitative estimate of drug-likeness (QED) is 0.638. The van der Waals surface area contributed by atoms with E-state index in [1.54, 1.807) is 49.4 Å². The van der Waals surface area contributed by atoms with E-state index < -0.39 is 9.84 Å². The summed E-state index contributed by atoms with van der Waals surface area (Å²) >= 11 is 12.0. The summed E-state index contributed by atoms with van der Waals surface area (Å²) in [6, 6.07) is 11.8. The minimum absolute atomic E-state index is 0.261. The van der Waals surface area contributed by atoms with Crippen LogP contribution in [0.2, 0.25) is 10.0 Å². The molecule has 7 heteroatoms. The van der Waals surface area contributed by atoms with Crippen molar-refractivity contribution in [2.75, 3.05) is 6.26 Å². The third-order valence-electron chi connectivity index (χ3n) is 3.63. The molecule has 0 spiro atoms. The highest BCUT2D eigenvalue weighted by Gasteiger charge is 2.18. The van der Waals surface area contributed by atoms with Crippen molar-refractivity contribution in [2.24, 2.45) is 0 Å². The highest BCUT2D eigenvalue weighted by Crippen LogP contribution is 2.36. The molecular formula is C17H13Cl2NO3S. The molecule has 0 saturated heterocycles. The molecule has 0 aliphatic heterocycles. The fourth-order valence-corrected chi connectivity index (χ4v) is 3.35. The van der Waals surface area contributed by atoms with Crippen molar-refractivity contribution < 1.29 is 12.9 Å². The largest absolute Gasteiger partial charge is 0.360 e. The number of benzene rings is 2. The fraction of sp³-hybridized carbons (Fsp3) is 0.118. The number of halogens is 2. The first-order valence-electron chi connectivity index (χ1n) is 6.99. The van der Waals surface area contributed by atoms with Gasteiger partial charge < -0.3 is 4.52 Å². The van der Waals surface area contributed by atoms with Crippen molar-refractivity contribution in [1.29, 1.82) is 0 Å². The van der Waals surface area contributed by atoms with E-state index in [-0.39, 0.29) is 4.90 Å². The highest BCUT2D eigenvalue weighted by atomic mass is 35.5. The lowest BCUT2D eigenvalue weighted by Gasteiger charge is -2.06. The zero-order chi connectivity index (χ0) is 17.5. The predicted octanol–water partition coefficient (Wildman–Crippen LogP) is 5.03. The van der Waals surface area contributed by atoms with Crippen LogP contribution in [0.5, 0.6) is 0 Å². The molecule has 0 saturated carbocycles. The normalized spacial score (nSPS) is 11.7. The summed E-state index contributed by atoms with van der Waals surface area (Å²) in [5, 5.41) is 4.99. The smallest absolute Gasteiger partial charge is 0.175 e. The summed E-state index contributed by atoms with van der Waals surface area (Å²) < 4.78 is 28.5. The van der Waals surface area contributed by atoms with Gasteiger partial charge in [-0.1, -0.05) is 46.6 Å². The molecule has 0 atom stereocenters. The molecule has 0 amide bonds. The van der Waals surface area contributed by atoms with Crippen LogP contribution in [0.1, 0.15) is 5.76 Å². The van der Waals surface area contributed by atoms with Gasteiger partial charge in [0.05, 0.1) is 20.5 Å². The number of sulfone groups is 1. The first-order chi connectivity index (χ1) is 11.3. The Labute approximate surface area is 149 Å². The molecule has 1 aromatic heterocycles. The fourth-order valence-electron chi connectivity index (χ4n) is 2.42. The summed E-state index contributed by atoms with van der Waals surface area (Å²) in [7, 11) is -3.24. The maximum atomic E-state index is 11.6. The lowest BCUT2D eigenvalue weighted by molar-refractivity contribution is 0.400. The van der Waals surface area contributed by atoms with Gasteiger partial charge in [-0.2, -0.15) is 0 Å². The van der Waals surface area contributed by atoms with E-state index >= 15 is 0 Å². The van der Waals surface area contributed by atoms with Crippen LogP contribution in [0.25, 0.3) is 22.4 Å². The van der Waals surface area contributed by atoms with Crippen LogP contribution < -0.4 is 0 Å². The van der Waals surface area contributed by atoms with Crippen LogP contribution in [-0.4, -0.2) is 19.8 Å². The van der Waals surface area contributed by atoms with Gasteiger partial charge in [0, 0.05) is 11.8 Å². The van der Waals surface area contributed by atoms with E-state index in [2.05, 4.69) is 5.16 Å². The number of aryl methyl sites for hydroxylation is 1. The molecule has 3 aromatic rings. The van der Waals surface area contributed by atoms with Crippen molar-refractivity contribution in [3.63, 3.8) is 0 Å². The average molecular weight is 382 g/mol. The monoisotopic (exact) mass is 381 g/mol. The van der Waals surface area contributed by atoms with Gasteiger partial charge in [-0.25, -0.2) is 8.42 Å². The zero-order valence-corrected chi connectivity index (χ0v) is 15.2. The van der Waals surface area contributed by atoms with Crippen molar-refractivity contribution in [3.8, 4) is 22.4 Å². The lowest BCUT2D eigenvalue weighted by Crippen LogP contribution is -1.96. The third kappa shape index (κ3) is 3.20. The van der Waals surface area contributed by atoms with Gasteiger partial charge in [0.15, 0.2) is 9.84 Å². The van der Waals surface area contributed by atoms with E-state index in [0.29, 0.717) is 21.5 Å². The maximum Gasteiger partial charge on any atom is 0.175 e. The van der Waals surface area contributed by atoms with E-state index in [4.69, 9.17) is 27.7 Å². The zero-order valence-electron chi connectivity index (χ0n) is 12.9. The van der Waals surface area contributed by atoms with Crippen molar-refractivity contribution in [2.45, 2.75) is 11.8 Å². The molecule has 0 fully saturated rings. The Morgan fingerprint density at radius 2 is 1.58 bits per heavy atom. The first kappa shape index (κ1) is 17.0. The molecule has 0 aliphatic carbocycles. The highest BCUT2D eigenvalue weighted by molar-refractivity contribution is 7.90. The molecule has 24 heavy (non-hydrogen) atoms. The first-order valence-corrected chi connectivity index (χ1v) is 9.64. The molecule has 0 unspecified atom stereocenters. The van der Waals surface area contributed by atoms with Crippen LogP contribution >= 0.6 is 23.2 Å². The second-order valence-corrected chi connectivity index (χ2v) is 8.22. The molecule has 0 aliphatic rings. The van der Waals surface area contributed by atoms with E-state index in [9.17, 15) is 8.42 Å². The average Bonchev–Trinajstić information content (AvgIpc) is 2.91. The standard InChI is InChI=1S/C17H13Cl2NO3S/c1-10-16(11-3-6-13(7-4-11)24(2,21)22)17(20-23-10)12-5-8-14(18)15(19)9-12/h3-9H,1-2H3. The molecule has 124 valence electrons. The molecule has 0 N–H and O–H groups in total. The molecule has 0 bridgehead atoms. The maximum absolute atomic E-state index is 11.6. The van der Waals surface area contributed by atoms with E-state index in [0.717, 1.165) is 16.7 Å². The Morgan fingerprint density at radius 1 is 0.958 bits per heavy atom. The van der Waals surface area contributed by atoms with Gasteiger partial charge in [-0.15, -0.1) is 0 Å². The van der Waals surface area contributed by atoms with E-state index in [1.807, 2.05) is 0 Å². The molecule has 3 rings (SSSR count). The minimum Gasteiger partial charge on any atom is -0.360 e. The van der Waals surface area contributed by atoms with Gasteiger partial charge in [0.25, 0.3) is 0 Å². The van der Waals surface area contributed by atoms with Crippen LogP contribution in [-0.2, 0) is 9.84 Å². The van der Waals surface area contributed by atoms with E-state index in [1.165, 1.54) is 6.26 Å². The van der Waals surface area contributed by atoms with Gasteiger partial charge in [-0.3, -0.25) is 0 Å². The van der Waals surface area contributed by atoms with Gasteiger partial charge in [0.1, 0.15) is 11.5 Å². The number of nitrogens with zero attached hydrogens (tertiary/aromatic N) is 1. The van der Waals surface area contributed by atoms with Crippen LogP contribution in [0.3, 0.4) is 0 Å². The topological polar surface area (TPSA) is 60.2 Å². The lowest BCUT2D eigenvalue weighted by atomic mass is 9.99. The van der Waals surface area contributed by atoms with Crippen molar-refractivity contribution >= 4 is 33.0 Å². The Bertz CT molecular complexity index is 1010. The summed E-state index contributed by atoms with van der Waals surface area (Å²) in [6.07, 6.45) is 1.17.